The molecule has 24 heavy (non-hydrogen) atoms. The molecule has 2 saturated carbocycles. The highest BCUT2D eigenvalue weighted by Crippen LogP contribution is 2.54. The predicted octanol–water partition coefficient (Wildman–Crippen LogP) is 0.628. The van der Waals surface area contributed by atoms with Crippen molar-refractivity contribution in [1.29, 1.82) is 0 Å². The molecule has 5 atom stereocenters. The van der Waals surface area contributed by atoms with Crippen LogP contribution in [0.15, 0.2) is 0 Å². The first-order valence-electron chi connectivity index (χ1n) is 7.87. The summed E-state index contributed by atoms with van der Waals surface area (Å²) in [6.45, 7) is 3.87. The fraction of sp³-hybridized carbons (Fsp3) is 0.857. The van der Waals surface area contributed by atoms with E-state index in [-0.39, 0.29) is 24.9 Å². The molecule has 2 rings (SSSR count). The largest absolute Gasteiger partial charge is 0.446 e. The summed E-state index contributed by atoms with van der Waals surface area (Å²) >= 11 is 0. The van der Waals surface area contributed by atoms with Crippen LogP contribution in [0.5, 0.6) is 0 Å². The van der Waals surface area contributed by atoms with Gasteiger partial charge in [-0.25, -0.2) is 0 Å². The average molecular weight is 368 g/mol. The molecule has 0 radical (unpaired) electrons. The minimum Gasteiger partial charge on any atom is -0.354 e. The second-order valence-corrected chi connectivity index (χ2v) is 8.22. The molecule has 0 heterocycles. The number of carbonyl (C=O) groups is 2. The van der Waals surface area contributed by atoms with Crippen molar-refractivity contribution in [1.82, 2.24) is 10.6 Å². The Bertz CT molecular complexity index is 623. The Morgan fingerprint density at radius 2 is 1.71 bits per heavy atom. The van der Waals surface area contributed by atoms with Gasteiger partial charge >= 0.3 is 21.3 Å². The second kappa shape index (κ2) is 6.55. The van der Waals surface area contributed by atoms with E-state index in [0.717, 1.165) is 12.8 Å². The van der Waals surface area contributed by atoms with Crippen LogP contribution in [0.2, 0.25) is 0 Å². The van der Waals surface area contributed by atoms with Crippen molar-refractivity contribution in [3.8, 4) is 0 Å². The third-order valence-corrected chi connectivity index (χ3v) is 6.36. The number of fused-ring (bicyclic) bond motifs is 2. The molecule has 7 nitrogen and oxygen atoms in total. The Labute approximate surface area is 139 Å². The standard InChI is InChI=1S/C14H22F2N2O5S/c1-7-8(2)10-5-9(7)6-11(10)12(19)17-3-4-18-13(20)14(15,16)24(21,22)23/h7-11H,3-6H2,1-2H3,(H,17,19)(H,18,20)(H,21,22,23). The molecule has 0 saturated heterocycles. The van der Waals surface area contributed by atoms with Gasteiger partial charge in [-0.05, 0) is 36.5 Å². The van der Waals surface area contributed by atoms with Gasteiger partial charge in [0.05, 0.1) is 0 Å². The summed E-state index contributed by atoms with van der Waals surface area (Å²) in [7, 11) is -5.82. The molecule has 5 unspecified atom stereocenters. The predicted molar refractivity (Wildman–Crippen MR) is 80.5 cm³/mol. The van der Waals surface area contributed by atoms with Crippen LogP contribution >= 0.6 is 0 Å². The highest BCUT2D eigenvalue weighted by atomic mass is 32.2. The summed E-state index contributed by atoms with van der Waals surface area (Å²) in [4.78, 5) is 23.3. The van der Waals surface area contributed by atoms with Gasteiger partial charge in [-0.15, -0.1) is 0 Å². The molecule has 0 spiro atoms. The van der Waals surface area contributed by atoms with Crippen LogP contribution in [0.4, 0.5) is 8.78 Å². The summed E-state index contributed by atoms with van der Waals surface area (Å²) < 4.78 is 55.1. The van der Waals surface area contributed by atoms with Crippen molar-refractivity contribution < 1.29 is 31.3 Å². The third kappa shape index (κ3) is 3.39. The van der Waals surface area contributed by atoms with E-state index >= 15 is 0 Å². The second-order valence-electron chi connectivity index (χ2n) is 6.76. The average Bonchev–Trinajstić information content (AvgIpc) is 3.02. The van der Waals surface area contributed by atoms with Crippen LogP contribution in [-0.2, 0) is 19.7 Å². The zero-order chi connectivity index (χ0) is 18.3. The van der Waals surface area contributed by atoms with Crippen molar-refractivity contribution in [3.05, 3.63) is 0 Å². The number of rotatable bonds is 6. The summed E-state index contributed by atoms with van der Waals surface area (Å²) in [6.07, 6.45) is 1.84. The van der Waals surface area contributed by atoms with E-state index in [4.69, 9.17) is 4.55 Å². The fourth-order valence-corrected chi connectivity index (χ4v) is 4.26. The first-order valence-corrected chi connectivity index (χ1v) is 9.31. The van der Waals surface area contributed by atoms with Crippen LogP contribution in [0, 0.1) is 29.6 Å². The van der Waals surface area contributed by atoms with Gasteiger partial charge in [-0.1, -0.05) is 13.8 Å². The topological polar surface area (TPSA) is 113 Å². The van der Waals surface area contributed by atoms with E-state index in [1.54, 1.807) is 5.32 Å². The number of amides is 2. The quantitative estimate of drug-likeness (QED) is 0.470. The van der Waals surface area contributed by atoms with Gasteiger partial charge in [0.2, 0.25) is 5.91 Å². The lowest BCUT2D eigenvalue weighted by molar-refractivity contribution is -0.136. The van der Waals surface area contributed by atoms with Crippen LogP contribution in [0.25, 0.3) is 0 Å². The molecular weight excluding hydrogens is 346 g/mol. The first-order chi connectivity index (χ1) is 11.0. The fourth-order valence-electron chi connectivity index (χ4n) is 3.95. The van der Waals surface area contributed by atoms with E-state index in [1.807, 2.05) is 0 Å². The molecule has 2 bridgehead atoms. The molecule has 2 fully saturated rings. The van der Waals surface area contributed by atoms with Crippen LogP contribution in [-0.4, -0.2) is 43.1 Å². The number of nitrogens with one attached hydrogen (secondary N) is 2. The van der Waals surface area contributed by atoms with E-state index < -0.39 is 21.3 Å². The Morgan fingerprint density at radius 1 is 1.12 bits per heavy atom. The van der Waals surface area contributed by atoms with E-state index in [9.17, 15) is 26.8 Å². The van der Waals surface area contributed by atoms with E-state index in [2.05, 4.69) is 19.2 Å². The van der Waals surface area contributed by atoms with Crippen molar-refractivity contribution in [2.45, 2.75) is 31.9 Å². The number of hydrogen-bond acceptors (Lipinski definition) is 4. The Kier molecular flexibility index (Phi) is 5.19. The van der Waals surface area contributed by atoms with Gasteiger partial charge in [-0.3, -0.25) is 14.1 Å². The monoisotopic (exact) mass is 368 g/mol. The summed E-state index contributed by atoms with van der Waals surface area (Å²) in [5.41, 5.74) is 0. The van der Waals surface area contributed by atoms with Crippen molar-refractivity contribution in [2.24, 2.45) is 29.6 Å². The lowest BCUT2D eigenvalue weighted by atomic mass is 9.75. The minimum atomic E-state index is -5.82. The Morgan fingerprint density at radius 3 is 2.21 bits per heavy atom. The molecule has 2 aliphatic carbocycles. The summed E-state index contributed by atoms with van der Waals surface area (Å²) in [6, 6.07) is 0. The number of alkyl halides is 2. The van der Waals surface area contributed by atoms with Crippen LogP contribution in [0.1, 0.15) is 26.7 Å². The lowest BCUT2D eigenvalue weighted by Crippen LogP contribution is -2.48. The zero-order valence-electron chi connectivity index (χ0n) is 13.5. The Hall–Kier alpha value is -1.29. The highest BCUT2D eigenvalue weighted by molar-refractivity contribution is 7.87. The minimum absolute atomic E-state index is 0.0933. The Balaban J connectivity index is 1.76. The number of halogens is 2. The smallest absolute Gasteiger partial charge is 0.354 e. The molecule has 0 aromatic rings. The molecular formula is C14H22F2N2O5S. The first kappa shape index (κ1) is 19.0. The molecule has 2 amide bonds. The SMILES string of the molecule is CC1C2CC(C(=O)NCCNC(=O)C(F)(F)S(=O)(=O)O)C(C2)C1C. The normalized spacial score (nSPS) is 32.6. The zero-order valence-corrected chi connectivity index (χ0v) is 14.3. The molecule has 10 heteroatoms. The van der Waals surface area contributed by atoms with E-state index in [1.165, 1.54) is 0 Å². The molecule has 0 aromatic heterocycles. The van der Waals surface area contributed by atoms with Gasteiger partial charge in [0, 0.05) is 19.0 Å². The summed E-state index contributed by atoms with van der Waals surface area (Å²) in [5.74, 6) is -0.471. The summed E-state index contributed by atoms with van der Waals surface area (Å²) in [5, 5.41) is -0.647. The molecule has 138 valence electrons. The van der Waals surface area contributed by atoms with Crippen molar-refractivity contribution in [3.63, 3.8) is 0 Å². The molecule has 0 aliphatic heterocycles. The van der Waals surface area contributed by atoms with Gasteiger partial charge in [0.25, 0.3) is 0 Å². The van der Waals surface area contributed by atoms with Gasteiger partial charge in [0.1, 0.15) is 0 Å². The molecule has 2 aliphatic rings. The van der Waals surface area contributed by atoms with Crippen LogP contribution in [0.3, 0.4) is 0 Å². The molecule has 0 aromatic carbocycles. The third-order valence-electron chi connectivity index (χ3n) is 5.53. The van der Waals surface area contributed by atoms with Gasteiger partial charge < -0.3 is 10.6 Å². The van der Waals surface area contributed by atoms with Crippen LogP contribution < -0.4 is 10.6 Å². The van der Waals surface area contributed by atoms with Gasteiger partial charge in [0.15, 0.2) is 0 Å². The maximum Gasteiger partial charge on any atom is 0.446 e. The van der Waals surface area contributed by atoms with E-state index in [0.29, 0.717) is 23.7 Å². The highest BCUT2D eigenvalue weighted by Gasteiger charge is 2.52. The van der Waals surface area contributed by atoms with Crippen molar-refractivity contribution >= 4 is 21.9 Å². The van der Waals surface area contributed by atoms with Gasteiger partial charge in [-0.2, -0.15) is 17.2 Å². The maximum absolute atomic E-state index is 13.0. The number of carbonyl (C=O) groups excluding carboxylic acids is 2. The van der Waals surface area contributed by atoms with Crippen molar-refractivity contribution in [2.75, 3.05) is 13.1 Å². The maximum atomic E-state index is 13.0. The lowest BCUT2D eigenvalue weighted by Gasteiger charge is -2.30. The molecule has 3 N–H and O–H groups in total. The number of hydrogen-bond donors (Lipinski definition) is 3.